The fourth-order valence-electron chi connectivity index (χ4n) is 4.23. The lowest BCUT2D eigenvalue weighted by Crippen LogP contribution is -2.60. The Morgan fingerprint density at radius 1 is 1.26 bits per heavy atom. The molecular formula is C16H32N2O. The fraction of sp³-hybridized carbons (Fsp3) is 1.00. The van der Waals surface area contributed by atoms with Crippen molar-refractivity contribution in [1.82, 2.24) is 10.2 Å². The Kier molecular flexibility index (Phi) is 5.27. The molecule has 3 heteroatoms. The number of rotatable bonds is 4. The van der Waals surface area contributed by atoms with Crippen LogP contribution in [0.4, 0.5) is 0 Å². The number of nitrogens with one attached hydrogen (secondary N) is 1. The number of piperidine rings is 1. The third-order valence-electron chi connectivity index (χ3n) is 5.14. The van der Waals surface area contributed by atoms with Crippen LogP contribution in [0.15, 0.2) is 0 Å². The number of ether oxygens (including phenoxy) is 1. The van der Waals surface area contributed by atoms with Crippen LogP contribution in [-0.2, 0) is 4.74 Å². The molecule has 1 saturated heterocycles. The molecule has 3 atom stereocenters. The van der Waals surface area contributed by atoms with Crippen LogP contribution < -0.4 is 5.32 Å². The van der Waals surface area contributed by atoms with Gasteiger partial charge in [-0.2, -0.15) is 0 Å². The summed E-state index contributed by atoms with van der Waals surface area (Å²) in [5.74, 6) is 0. The van der Waals surface area contributed by atoms with Gasteiger partial charge in [-0.1, -0.05) is 20.3 Å². The van der Waals surface area contributed by atoms with E-state index in [0.717, 1.165) is 13.2 Å². The maximum Gasteiger partial charge on any atom is 0.0702 e. The van der Waals surface area contributed by atoms with Gasteiger partial charge in [0.2, 0.25) is 0 Å². The van der Waals surface area contributed by atoms with Crippen LogP contribution in [-0.4, -0.2) is 49.8 Å². The topological polar surface area (TPSA) is 24.5 Å². The maximum atomic E-state index is 5.86. The SMILES string of the molecule is CCOC1CCCN(C2CCCC(C)(C)C2NC)C1. The third-order valence-corrected chi connectivity index (χ3v) is 5.14. The quantitative estimate of drug-likeness (QED) is 0.848. The summed E-state index contributed by atoms with van der Waals surface area (Å²) in [6, 6.07) is 1.30. The number of likely N-dealkylation sites (tertiary alicyclic amines) is 1. The molecule has 0 amide bonds. The largest absolute Gasteiger partial charge is 0.377 e. The lowest BCUT2D eigenvalue weighted by atomic mass is 9.70. The molecule has 3 unspecified atom stereocenters. The van der Waals surface area contributed by atoms with Crippen molar-refractivity contribution in [3.63, 3.8) is 0 Å². The van der Waals surface area contributed by atoms with Gasteiger partial charge in [0.1, 0.15) is 0 Å². The lowest BCUT2D eigenvalue weighted by Gasteiger charge is -2.50. The Labute approximate surface area is 119 Å². The van der Waals surface area contributed by atoms with E-state index >= 15 is 0 Å². The standard InChI is InChI=1S/C16H32N2O/c1-5-19-13-8-7-11-18(12-13)14-9-6-10-16(2,3)15(14)17-4/h13-15,17H,5-12H2,1-4H3. The normalized spacial score (nSPS) is 36.3. The van der Waals surface area contributed by atoms with Crippen LogP contribution in [0.1, 0.15) is 52.9 Å². The molecule has 0 radical (unpaired) electrons. The summed E-state index contributed by atoms with van der Waals surface area (Å²) in [6.07, 6.45) is 7.04. The Bertz CT molecular complexity index is 278. The number of likely N-dealkylation sites (N-methyl/N-ethyl adjacent to an activating group) is 1. The fourth-order valence-corrected chi connectivity index (χ4v) is 4.23. The molecule has 2 fully saturated rings. The van der Waals surface area contributed by atoms with E-state index in [1.165, 1.54) is 38.6 Å². The highest BCUT2D eigenvalue weighted by Gasteiger charge is 2.41. The van der Waals surface area contributed by atoms with Crippen LogP contribution in [0.5, 0.6) is 0 Å². The van der Waals surface area contributed by atoms with Crippen molar-refractivity contribution in [2.75, 3.05) is 26.7 Å². The van der Waals surface area contributed by atoms with Crippen LogP contribution in [0.25, 0.3) is 0 Å². The van der Waals surface area contributed by atoms with E-state index in [2.05, 4.69) is 38.0 Å². The summed E-state index contributed by atoms with van der Waals surface area (Å²) >= 11 is 0. The highest BCUT2D eigenvalue weighted by molar-refractivity contribution is 4.98. The van der Waals surface area contributed by atoms with Gasteiger partial charge in [-0.05, 0) is 51.6 Å². The molecule has 0 aromatic heterocycles. The number of hydrogen-bond donors (Lipinski definition) is 1. The van der Waals surface area contributed by atoms with E-state index in [0.29, 0.717) is 23.6 Å². The van der Waals surface area contributed by atoms with Crippen molar-refractivity contribution in [1.29, 1.82) is 0 Å². The molecule has 19 heavy (non-hydrogen) atoms. The first-order chi connectivity index (χ1) is 9.08. The van der Waals surface area contributed by atoms with E-state index < -0.39 is 0 Å². The molecule has 1 saturated carbocycles. The minimum Gasteiger partial charge on any atom is -0.377 e. The van der Waals surface area contributed by atoms with E-state index in [9.17, 15) is 0 Å². The molecule has 0 aromatic carbocycles. The first-order valence-corrected chi connectivity index (χ1v) is 8.11. The highest BCUT2D eigenvalue weighted by Crippen LogP contribution is 2.38. The number of hydrogen-bond acceptors (Lipinski definition) is 3. The summed E-state index contributed by atoms with van der Waals surface area (Å²) in [4.78, 5) is 2.70. The molecule has 1 aliphatic heterocycles. The smallest absolute Gasteiger partial charge is 0.0702 e. The first kappa shape index (κ1) is 15.3. The Morgan fingerprint density at radius 3 is 2.74 bits per heavy atom. The van der Waals surface area contributed by atoms with Crippen LogP contribution in [0.2, 0.25) is 0 Å². The van der Waals surface area contributed by atoms with Gasteiger partial charge in [-0.3, -0.25) is 4.90 Å². The molecule has 2 aliphatic rings. The summed E-state index contributed by atoms with van der Waals surface area (Å²) in [5, 5.41) is 3.61. The maximum absolute atomic E-state index is 5.86. The zero-order chi connectivity index (χ0) is 13.9. The van der Waals surface area contributed by atoms with E-state index in [4.69, 9.17) is 4.74 Å². The van der Waals surface area contributed by atoms with Gasteiger partial charge in [0, 0.05) is 25.2 Å². The minimum atomic E-state index is 0.413. The van der Waals surface area contributed by atoms with Crippen molar-refractivity contribution >= 4 is 0 Å². The second-order valence-corrected chi connectivity index (χ2v) is 6.93. The van der Waals surface area contributed by atoms with Crippen LogP contribution in [0, 0.1) is 5.41 Å². The van der Waals surface area contributed by atoms with Crippen molar-refractivity contribution in [2.24, 2.45) is 5.41 Å². The molecule has 1 aliphatic carbocycles. The molecule has 3 nitrogen and oxygen atoms in total. The van der Waals surface area contributed by atoms with Gasteiger partial charge in [0.05, 0.1) is 6.10 Å². The number of nitrogens with zero attached hydrogens (tertiary/aromatic N) is 1. The average molecular weight is 268 g/mol. The molecule has 2 rings (SSSR count). The first-order valence-electron chi connectivity index (χ1n) is 8.11. The molecule has 0 aromatic rings. The van der Waals surface area contributed by atoms with Gasteiger partial charge < -0.3 is 10.1 Å². The second-order valence-electron chi connectivity index (χ2n) is 6.93. The molecule has 112 valence electrons. The predicted octanol–water partition coefficient (Wildman–Crippen LogP) is 2.65. The van der Waals surface area contributed by atoms with Crippen LogP contribution in [0.3, 0.4) is 0 Å². The Morgan fingerprint density at radius 2 is 2.05 bits per heavy atom. The average Bonchev–Trinajstić information content (AvgIpc) is 2.38. The summed E-state index contributed by atoms with van der Waals surface area (Å²) in [6.45, 7) is 10.2. The van der Waals surface area contributed by atoms with Crippen LogP contribution >= 0.6 is 0 Å². The van der Waals surface area contributed by atoms with Crippen molar-refractivity contribution < 1.29 is 4.74 Å². The summed E-state index contributed by atoms with van der Waals surface area (Å²) in [7, 11) is 2.13. The Hall–Kier alpha value is -0.120. The van der Waals surface area contributed by atoms with Crippen molar-refractivity contribution in [2.45, 2.75) is 71.1 Å². The molecule has 0 bridgehead atoms. The molecule has 1 heterocycles. The van der Waals surface area contributed by atoms with Gasteiger partial charge in [-0.25, -0.2) is 0 Å². The summed E-state index contributed by atoms with van der Waals surface area (Å²) < 4.78 is 5.86. The van der Waals surface area contributed by atoms with Gasteiger partial charge in [0.15, 0.2) is 0 Å². The predicted molar refractivity (Wildman–Crippen MR) is 80.5 cm³/mol. The minimum absolute atomic E-state index is 0.413. The Balaban J connectivity index is 2.02. The van der Waals surface area contributed by atoms with Crippen molar-refractivity contribution in [3.8, 4) is 0 Å². The third kappa shape index (κ3) is 3.50. The second kappa shape index (κ2) is 6.55. The van der Waals surface area contributed by atoms with E-state index in [1.54, 1.807) is 0 Å². The highest BCUT2D eigenvalue weighted by atomic mass is 16.5. The van der Waals surface area contributed by atoms with E-state index in [1.807, 2.05) is 0 Å². The monoisotopic (exact) mass is 268 g/mol. The molecular weight excluding hydrogens is 236 g/mol. The van der Waals surface area contributed by atoms with Gasteiger partial charge >= 0.3 is 0 Å². The molecule has 0 spiro atoms. The molecule has 1 N–H and O–H groups in total. The summed E-state index contributed by atoms with van der Waals surface area (Å²) in [5.41, 5.74) is 0.413. The zero-order valence-electron chi connectivity index (χ0n) is 13.2. The lowest BCUT2D eigenvalue weighted by molar-refractivity contribution is -0.0319. The zero-order valence-corrected chi connectivity index (χ0v) is 13.2. The van der Waals surface area contributed by atoms with Gasteiger partial charge in [0.25, 0.3) is 0 Å². The van der Waals surface area contributed by atoms with Gasteiger partial charge in [-0.15, -0.1) is 0 Å². The van der Waals surface area contributed by atoms with Crippen molar-refractivity contribution in [3.05, 3.63) is 0 Å². The van der Waals surface area contributed by atoms with E-state index in [-0.39, 0.29) is 0 Å².